The number of halogens is 2. The van der Waals surface area contributed by atoms with Crippen LogP contribution in [0, 0.1) is 0 Å². The molecule has 1 atom stereocenters. The van der Waals surface area contributed by atoms with Gasteiger partial charge in [0.1, 0.15) is 0 Å². The molecule has 0 aromatic heterocycles. The Morgan fingerprint density at radius 3 is 2.45 bits per heavy atom. The van der Waals surface area contributed by atoms with Crippen LogP contribution in [-0.2, 0) is 16.1 Å². The van der Waals surface area contributed by atoms with E-state index < -0.39 is 24.7 Å². The molecule has 0 spiro atoms. The number of esters is 1. The lowest BCUT2D eigenvalue weighted by Gasteiger charge is -2.35. The minimum Gasteiger partial charge on any atom is -0.493 e. The highest BCUT2D eigenvalue weighted by Crippen LogP contribution is 2.37. The minimum absolute atomic E-state index is 0.0423. The molecule has 1 unspecified atom stereocenters. The molecule has 0 aliphatic carbocycles. The van der Waals surface area contributed by atoms with Crippen molar-refractivity contribution in [2.24, 2.45) is 0 Å². The Balaban J connectivity index is 2.02. The molecule has 2 aromatic rings. The predicted molar refractivity (Wildman–Crippen MR) is 108 cm³/mol. The first-order chi connectivity index (χ1) is 14.8. The molecule has 1 aliphatic rings. The maximum atomic E-state index is 12.9. The molecule has 2 amide bonds. The second-order valence-corrected chi connectivity index (χ2v) is 6.73. The van der Waals surface area contributed by atoms with Gasteiger partial charge in [0.15, 0.2) is 11.5 Å². The van der Waals surface area contributed by atoms with Crippen molar-refractivity contribution in [1.29, 1.82) is 0 Å². The van der Waals surface area contributed by atoms with Crippen LogP contribution in [0.3, 0.4) is 0 Å². The van der Waals surface area contributed by atoms with E-state index in [4.69, 9.17) is 9.47 Å². The summed E-state index contributed by atoms with van der Waals surface area (Å²) in [5.41, 5.74) is 1.99. The van der Waals surface area contributed by atoms with Crippen molar-refractivity contribution in [2.75, 3.05) is 14.2 Å². The third-order valence-electron chi connectivity index (χ3n) is 4.92. The number of carbonyl (C=O) groups excluding carboxylic acids is 2. The number of allylic oxidation sites excluding steroid dienone is 1. The number of hydrogen-bond acceptors (Lipinski definition) is 5. The highest BCUT2D eigenvalue weighted by molar-refractivity contribution is 5.95. The van der Waals surface area contributed by atoms with Crippen molar-refractivity contribution < 1.29 is 32.6 Å². The lowest BCUT2D eigenvalue weighted by Crippen LogP contribution is -2.47. The summed E-state index contributed by atoms with van der Waals surface area (Å²) in [7, 11) is 2.55. The van der Waals surface area contributed by atoms with Crippen molar-refractivity contribution in [2.45, 2.75) is 26.1 Å². The van der Waals surface area contributed by atoms with Gasteiger partial charge >= 0.3 is 18.6 Å². The van der Waals surface area contributed by atoms with Crippen LogP contribution in [0.5, 0.6) is 11.5 Å². The lowest BCUT2D eigenvalue weighted by atomic mass is 9.94. The zero-order chi connectivity index (χ0) is 22.5. The molecule has 0 saturated carbocycles. The molecule has 0 bridgehead atoms. The zero-order valence-corrected chi connectivity index (χ0v) is 17.2. The number of alkyl halides is 2. The van der Waals surface area contributed by atoms with Crippen LogP contribution in [0.2, 0.25) is 0 Å². The molecular weight excluding hydrogens is 410 g/mol. The van der Waals surface area contributed by atoms with Gasteiger partial charge in [0.25, 0.3) is 0 Å². The Morgan fingerprint density at radius 2 is 1.84 bits per heavy atom. The van der Waals surface area contributed by atoms with Crippen molar-refractivity contribution in [3.8, 4) is 11.5 Å². The van der Waals surface area contributed by atoms with E-state index in [0.29, 0.717) is 11.3 Å². The van der Waals surface area contributed by atoms with Crippen LogP contribution >= 0.6 is 0 Å². The SMILES string of the molecule is COC(=O)C1=C(C)N(Cc2ccccc2)C(=O)NC1c1ccc(OC(F)F)c(OC)c1. The highest BCUT2D eigenvalue weighted by atomic mass is 19.3. The first-order valence-corrected chi connectivity index (χ1v) is 9.39. The van der Waals surface area contributed by atoms with Gasteiger partial charge in [-0.15, -0.1) is 0 Å². The Bertz CT molecular complexity index is 995. The van der Waals surface area contributed by atoms with Gasteiger partial charge in [-0.2, -0.15) is 8.78 Å². The fraction of sp³-hybridized carbons (Fsp3) is 0.273. The Kier molecular flexibility index (Phi) is 6.74. The minimum atomic E-state index is -3.02. The molecule has 0 saturated heterocycles. The number of urea groups is 1. The van der Waals surface area contributed by atoms with E-state index in [1.165, 1.54) is 37.3 Å². The summed E-state index contributed by atoms with van der Waals surface area (Å²) >= 11 is 0. The molecule has 3 rings (SSSR count). The van der Waals surface area contributed by atoms with Crippen molar-refractivity contribution in [3.63, 3.8) is 0 Å². The first-order valence-electron chi connectivity index (χ1n) is 9.39. The van der Waals surface area contributed by atoms with E-state index in [2.05, 4.69) is 10.1 Å². The summed E-state index contributed by atoms with van der Waals surface area (Å²) in [5.74, 6) is -0.734. The number of methoxy groups -OCH3 is 2. The van der Waals surface area contributed by atoms with Crippen LogP contribution in [0.15, 0.2) is 59.8 Å². The molecule has 1 N–H and O–H groups in total. The molecule has 31 heavy (non-hydrogen) atoms. The third kappa shape index (κ3) is 4.76. The number of nitrogens with zero attached hydrogens (tertiary/aromatic N) is 1. The highest BCUT2D eigenvalue weighted by Gasteiger charge is 2.36. The van der Waals surface area contributed by atoms with Gasteiger partial charge in [-0.05, 0) is 30.2 Å². The van der Waals surface area contributed by atoms with Gasteiger partial charge < -0.3 is 19.5 Å². The Hall–Kier alpha value is -3.62. The van der Waals surface area contributed by atoms with E-state index in [-0.39, 0.29) is 23.6 Å². The summed E-state index contributed by atoms with van der Waals surface area (Å²) in [6, 6.07) is 12.3. The predicted octanol–water partition coefficient (Wildman–Crippen LogP) is 4.01. The molecule has 7 nitrogen and oxygen atoms in total. The van der Waals surface area contributed by atoms with Gasteiger partial charge in [0.05, 0.1) is 32.4 Å². The Morgan fingerprint density at radius 1 is 1.13 bits per heavy atom. The van der Waals surface area contributed by atoms with Crippen LogP contribution in [-0.4, -0.2) is 37.7 Å². The topological polar surface area (TPSA) is 77.1 Å². The summed E-state index contributed by atoms with van der Waals surface area (Å²) in [4.78, 5) is 27.0. The van der Waals surface area contributed by atoms with Gasteiger partial charge in [-0.25, -0.2) is 9.59 Å². The van der Waals surface area contributed by atoms with E-state index in [1.807, 2.05) is 30.3 Å². The standard InChI is InChI=1S/C22H22F2N2O5/c1-13-18(20(27)30-3)19(15-9-10-16(31-21(23)24)17(11-15)29-2)25-22(28)26(13)12-14-7-5-4-6-8-14/h4-11,19,21H,12H2,1-3H3,(H,25,28). The molecule has 0 radical (unpaired) electrons. The molecule has 164 valence electrons. The maximum absolute atomic E-state index is 12.9. The summed E-state index contributed by atoms with van der Waals surface area (Å²) < 4.78 is 39.8. The van der Waals surface area contributed by atoms with Crippen LogP contribution in [0.4, 0.5) is 13.6 Å². The number of ether oxygens (including phenoxy) is 3. The first kappa shape index (κ1) is 22.1. The molecule has 1 aliphatic heterocycles. The second kappa shape index (κ2) is 9.46. The van der Waals surface area contributed by atoms with Crippen LogP contribution in [0.25, 0.3) is 0 Å². The smallest absolute Gasteiger partial charge is 0.387 e. The second-order valence-electron chi connectivity index (χ2n) is 6.73. The zero-order valence-electron chi connectivity index (χ0n) is 17.2. The maximum Gasteiger partial charge on any atom is 0.387 e. The molecule has 1 heterocycles. The summed E-state index contributed by atoms with van der Waals surface area (Å²) in [5, 5.41) is 2.79. The quantitative estimate of drug-likeness (QED) is 0.669. The van der Waals surface area contributed by atoms with Crippen LogP contribution < -0.4 is 14.8 Å². The third-order valence-corrected chi connectivity index (χ3v) is 4.92. The van der Waals surface area contributed by atoms with E-state index >= 15 is 0 Å². The normalized spacial score (nSPS) is 16.3. The van der Waals surface area contributed by atoms with Crippen LogP contribution in [0.1, 0.15) is 24.1 Å². The number of carbonyl (C=O) groups is 2. The number of rotatable bonds is 7. The number of benzene rings is 2. The van der Waals surface area contributed by atoms with Gasteiger partial charge in [-0.3, -0.25) is 4.90 Å². The molecular formula is C22H22F2N2O5. The Labute approximate surface area is 178 Å². The van der Waals surface area contributed by atoms with Crippen molar-refractivity contribution >= 4 is 12.0 Å². The monoisotopic (exact) mass is 432 g/mol. The largest absolute Gasteiger partial charge is 0.493 e. The number of amides is 2. The molecule has 2 aromatic carbocycles. The average Bonchev–Trinajstić information content (AvgIpc) is 2.76. The van der Waals surface area contributed by atoms with Gasteiger partial charge in [-0.1, -0.05) is 36.4 Å². The summed E-state index contributed by atoms with van der Waals surface area (Å²) in [6.45, 7) is -1.10. The molecule has 0 fully saturated rings. The lowest BCUT2D eigenvalue weighted by molar-refractivity contribution is -0.136. The van der Waals surface area contributed by atoms with E-state index in [9.17, 15) is 18.4 Å². The fourth-order valence-corrected chi connectivity index (χ4v) is 3.42. The van der Waals surface area contributed by atoms with Gasteiger partial charge in [0, 0.05) is 5.70 Å². The molecule has 9 heteroatoms. The number of hydrogen-bond donors (Lipinski definition) is 1. The van der Waals surface area contributed by atoms with Crippen molar-refractivity contribution in [1.82, 2.24) is 10.2 Å². The van der Waals surface area contributed by atoms with E-state index in [1.54, 1.807) is 6.92 Å². The van der Waals surface area contributed by atoms with Gasteiger partial charge in [0.2, 0.25) is 0 Å². The van der Waals surface area contributed by atoms with E-state index in [0.717, 1.165) is 5.56 Å². The fourth-order valence-electron chi connectivity index (χ4n) is 3.42. The summed E-state index contributed by atoms with van der Waals surface area (Å²) in [6.07, 6.45) is 0. The number of nitrogens with one attached hydrogen (secondary N) is 1. The average molecular weight is 432 g/mol. The van der Waals surface area contributed by atoms with Crippen molar-refractivity contribution in [3.05, 3.63) is 70.9 Å².